The average Bonchev–Trinajstić information content (AvgIpc) is 2.97. The Morgan fingerprint density at radius 1 is 1.38 bits per heavy atom. The zero-order valence-corrected chi connectivity index (χ0v) is 12.9. The summed E-state index contributed by atoms with van der Waals surface area (Å²) in [6, 6.07) is 5.78. The van der Waals surface area contributed by atoms with Gasteiger partial charge in [-0.05, 0) is 56.0 Å². The smallest absolute Gasteiger partial charge is 0.245 e. The summed E-state index contributed by atoms with van der Waals surface area (Å²) in [6.45, 7) is 4.74. The minimum Gasteiger partial charge on any atom is -0.340 e. The van der Waals surface area contributed by atoms with E-state index in [4.69, 9.17) is 17.3 Å². The summed E-state index contributed by atoms with van der Waals surface area (Å²) >= 11 is 5.99. The van der Waals surface area contributed by atoms with Gasteiger partial charge in [-0.1, -0.05) is 11.6 Å². The molecule has 3 N–H and O–H groups in total. The second kappa shape index (κ2) is 6.03. The number of aromatic amines is 1. The molecule has 1 aromatic heterocycles. The molecule has 2 heterocycles. The first-order chi connectivity index (χ1) is 10.2. The first-order valence-corrected chi connectivity index (χ1v) is 7.69. The van der Waals surface area contributed by atoms with Crippen LogP contribution in [-0.4, -0.2) is 34.8 Å². The molecule has 2 aromatic rings. The van der Waals surface area contributed by atoms with Crippen LogP contribution in [-0.2, 0) is 0 Å². The summed E-state index contributed by atoms with van der Waals surface area (Å²) in [5.41, 5.74) is 7.86. The van der Waals surface area contributed by atoms with Crippen molar-refractivity contribution in [3.63, 3.8) is 0 Å². The Hall–Kier alpha value is -1.59. The van der Waals surface area contributed by atoms with Crippen molar-refractivity contribution < 1.29 is 0 Å². The van der Waals surface area contributed by atoms with Gasteiger partial charge >= 0.3 is 0 Å². The van der Waals surface area contributed by atoms with Crippen LogP contribution in [0.1, 0.15) is 18.4 Å². The molecular weight excluding hydrogens is 286 g/mol. The SMILES string of the molecule is Cc1cc(Cl)ccc1-c1nc(N2CCC(CN)CC2)n[nH]1. The van der Waals surface area contributed by atoms with Crippen LogP contribution < -0.4 is 10.6 Å². The molecular formula is C15H20ClN5. The second-order valence-corrected chi connectivity index (χ2v) is 6.05. The molecule has 0 amide bonds. The third-order valence-electron chi connectivity index (χ3n) is 4.15. The molecule has 21 heavy (non-hydrogen) atoms. The van der Waals surface area contributed by atoms with Crippen molar-refractivity contribution in [1.29, 1.82) is 0 Å². The maximum atomic E-state index is 5.99. The Labute approximate surface area is 129 Å². The van der Waals surface area contributed by atoms with Crippen LogP contribution in [0.15, 0.2) is 18.2 Å². The monoisotopic (exact) mass is 305 g/mol. The molecule has 0 radical (unpaired) electrons. The molecule has 0 bridgehead atoms. The van der Waals surface area contributed by atoms with Crippen molar-refractivity contribution in [2.45, 2.75) is 19.8 Å². The Morgan fingerprint density at radius 3 is 2.81 bits per heavy atom. The highest BCUT2D eigenvalue weighted by atomic mass is 35.5. The number of anilines is 1. The Morgan fingerprint density at radius 2 is 2.14 bits per heavy atom. The maximum absolute atomic E-state index is 5.99. The summed E-state index contributed by atoms with van der Waals surface area (Å²) in [4.78, 5) is 6.85. The van der Waals surface area contributed by atoms with Crippen molar-refractivity contribution in [2.24, 2.45) is 11.7 Å². The molecule has 1 aliphatic heterocycles. The molecule has 1 fully saturated rings. The number of benzene rings is 1. The van der Waals surface area contributed by atoms with Crippen molar-refractivity contribution >= 4 is 17.5 Å². The number of halogens is 1. The van der Waals surface area contributed by atoms with E-state index >= 15 is 0 Å². The predicted octanol–water partition coefficient (Wildman–Crippen LogP) is 2.61. The van der Waals surface area contributed by atoms with Crippen molar-refractivity contribution in [3.8, 4) is 11.4 Å². The quantitative estimate of drug-likeness (QED) is 0.914. The highest BCUT2D eigenvalue weighted by Crippen LogP contribution is 2.26. The molecule has 0 atom stereocenters. The molecule has 0 saturated carbocycles. The molecule has 112 valence electrons. The lowest BCUT2D eigenvalue weighted by atomic mass is 9.97. The number of hydrogen-bond acceptors (Lipinski definition) is 4. The number of nitrogens with zero attached hydrogens (tertiary/aromatic N) is 3. The van der Waals surface area contributed by atoms with Gasteiger partial charge < -0.3 is 10.6 Å². The van der Waals surface area contributed by atoms with Gasteiger partial charge in [-0.2, -0.15) is 4.98 Å². The van der Waals surface area contributed by atoms with Crippen LogP contribution in [0.5, 0.6) is 0 Å². The lowest BCUT2D eigenvalue weighted by molar-refractivity contribution is 0.411. The van der Waals surface area contributed by atoms with Gasteiger partial charge in [-0.25, -0.2) is 0 Å². The van der Waals surface area contributed by atoms with E-state index in [1.807, 2.05) is 25.1 Å². The van der Waals surface area contributed by atoms with E-state index < -0.39 is 0 Å². The van der Waals surface area contributed by atoms with Gasteiger partial charge in [0.1, 0.15) is 0 Å². The van der Waals surface area contributed by atoms with E-state index in [0.717, 1.165) is 60.4 Å². The van der Waals surface area contributed by atoms with Gasteiger partial charge in [-0.3, -0.25) is 5.10 Å². The fourth-order valence-electron chi connectivity index (χ4n) is 2.78. The Balaban J connectivity index is 1.77. The number of nitrogens with two attached hydrogens (primary N) is 1. The lowest BCUT2D eigenvalue weighted by Crippen LogP contribution is -2.36. The largest absolute Gasteiger partial charge is 0.340 e. The van der Waals surface area contributed by atoms with Gasteiger partial charge in [-0.15, -0.1) is 5.10 Å². The molecule has 0 unspecified atom stereocenters. The summed E-state index contributed by atoms with van der Waals surface area (Å²) in [6.07, 6.45) is 2.22. The van der Waals surface area contributed by atoms with E-state index in [-0.39, 0.29) is 0 Å². The second-order valence-electron chi connectivity index (χ2n) is 5.61. The van der Waals surface area contributed by atoms with Gasteiger partial charge in [0.15, 0.2) is 5.82 Å². The normalized spacial score (nSPS) is 16.4. The average molecular weight is 306 g/mol. The van der Waals surface area contributed by atoms with Crippen molar-refractivity contribution in [1.82, 2.24) is 15.2 Å². The van der Waals surface area contributed by atoms with Crippen molar-refractivity contribution in [3.05, 3.63) is 28.8 Å². The molecule has 1 aliphatic rings. The van der Waals surface area contributed by atoms with Gasteiger partial charge in [0.25, 0.3) is 0 Å². The van der Waals surface area contributed by atoms with E-state index in [0.29, 0.717) is 5.92 Å². The summed E-state index contributed by atoms with van der Waals surface area (Å²) < 4.78 is 0. The third-order valence-corrected chi connectivity index (χ3v) is 4.38. The molecule has 0 aliphatic carbocycles. The minimum atomic E-state index is 0.637. The van der Waals surface area contributed by atoms with Crippen LogP contribution in [0.3, 0.4) is 0 Å². The molecule has 5 nitrogen and oxygen atoms in total. The van der Waals surface area contributed by atoms with E-state index in [1.54, 1.807) is 0 Å². The van der Waals surface area contributed by atoms with Crippen LogP contribution >= 0.6 is 11.6 Å². The number of aryl methyl sites for hydroxylation is 1. The zero-order valence-electron chi connectivity index (χ0n) is 12.1. The standard InChI is InChI=1S/C15H20ClN5/c1-10-8-12(16)2-3-13(10)14-18-15(20-19-14)21-6-4-11(9-17)5-7-21/h2-3,8,11H,4-7,9,17H2,1H3,(H,18,19,20). The number of aromatic nitrogens is 3. The predicted molar refractivity (Wildman–Crippen MR) is 85.6 cm³/mol. The first kappa shape index (κ1) is 14.4. The number of H-pyrrole nitrogens is 1. The number of nitrogens with one attached hydrogen (secondary N) is 1. The van der Waals surface area contributed by atoms with E-state index in [9.17, 15) is 0 Å². The maximum Gasteiger partial charge on any atom is 0.245 e. The highest BCUT2D eigenvalue weighted by molar-refractivity contribution is 6.30. The Bertz CT molecular complexity index is 616. The highest BCUT2D eigenvalue weighted by Gasteiger charge is 2.21. The minimum absolute atomic E-state index is 0.637. The van der Waals surface area contributed by atoms with Crippen LogP contribution in [0.2, 0.25) is 5.02 Å². The Kier molecular flexibility index (Phi) is 4.12. The number of piperidine rings is 1. The summed E-state index contributed by atoms with van der Waals surface area (Å²) in [7, 11) is 0. The molecule has 1 saturated heterocycles. The zero-order chi connectivity index (χ0) is 14.8. The molecule has 3 rings (SSSR count). The fourth-order valence-corrected chi connectivity index (χ4v) is 3.00. The topological polar surface area (TPSA) is 70.8 Å². The third kappa shape index (κ3) is 3.04. The number of hydrogen-bond donors (Lipinski definition) is 2. The van der Waals surface area contributed by atoms with Gasteiger partial charge in [0.05, 0.1) is 0 Å². The van der Waals surface area contributed by atoms with Crippen LogP contribution in [0.4, 0.5) is 5.95 Å². The first-order valence-electron chi connectivity index (χ1n) is 7.31. The summed E-state index contributed by atoms with van der Waals surface area (Å²) in [5.74, 6) is 2.20. The van der Waals surface area contributed by atoms with E-state index in [2.05, 4.69) is 20.1 Å². The molecule has 0 spiro atoms. The van der Waals surface area contributed by atoms with Crippen LogP contribution in [0, 0.1) is 12.8 Å². The van der Waals surface area contributed by atoms with Crippen molar-refractivity contribution in [2.75, 3.05) is 24.5 Å². The fraction of sp³-hybridized carbons (Fsp3) is 0.467. The molecule has 1 aromatic carbocycles. The van der Waals surface area contributed by atoms with E-state index in [1.165, 1.54) is 0 Å². The lowest BCUT2D eigenvalue weighted by Gasteiger charge is -2.30. The molecule has 6 heteroatoms. The van der Waals surface area contributed by atoms with Gasteiger partial charge in [0.2, 0.25) is 5.95 Å². The van der Waals surface area contributed by atoms with Gasteiger partial charge in [0, 0.05) is 23.7 Å². The van der Waals surface area contributed by atoms with Crippen LogP contribution in [0.25, 0.3) is 11.4 Å². The number of rotatable bonds is 3. The summed E-state index contributed by atoms with van der Waals surface area (Å²) in [5, 5.41) is 8.13.